The van der Waals surface area contributed by atoms with Crippen LogP contribution >= 0.6 is 0 Å². The Balaban J connectivity index is 2.35. The fraction of sp³-hybridized carbons (Fsp3) is 0.300. The molecule has 0 fully saturated rings. The van der Waals surface area contributed by atoms with Crippen LogP contribution in [0.1, 0.15) is 16.7 Å². The van der Waals surface area contributed by atoms with Crippen LogP contribution in [0.2, 0.25) is 0 Å². The maximum Gasteiger partial charge on any atom is 0.119 e. The lowest BCUT2D eigenvalue weighted by molar-refractivity contribution is 0.413. The third kappa shape index (κ3) is 2.73. The lowest BCUT2D eigenvalue weighted by atomic mass is 9.92. The molecular weight excluding hydrogens is 286 g/mol. The highest BCUT2D eigenvalue weighted by Crippen LogP contribution is 2.37. The van der Waals surface area contributed by atoms with Gasteiger partial charge in [-0.2, -0.15) is 0 Å². The number of benzene rings is 3. The molecule has 3 aromatic carbocycles. The van der Waals surface area contributed by atoms with Crippen LogP contribution in [0.25, 0.3) is 21.5 Å². The van der Waals surface area contributed by atoms with Gasteiger partial charge in [-0.3, -0.25) is 0 Å². The van der Waals surface area contributed by atoms with Gasteiger partial charge in [-0.15, -0.1) is 0 Å². The van der Waals surface area contributed by atoms with E-state index in [0.29, 0.717) is 11.5 Å². The molecule has 0 radical (unpaired) electrons. The van der Waals surface area contributed by atoms with Crippen LogP contribution in [0, 0.1) is 13.8 Å². The van der Waals surface area contributed by atoms with Crippen LogP contribution in [-0.4, -0.2) is 35.8 Å². The largest absolute Gasteiger partial charge is 0.508 e. The van der Waals surface area contributed by atoms with Crippen LogP contribution in [-0.2, 0) is 6.42 Å². The first-order valence-electron chi connectivity index (χ1n) is 7.90. The predicted octanol–water partition coefficient (Wildman–Crippen LogP) is 4.13. The molecule has 0 saturated carbocycles. The van der Waals surface area contributed by atoms with Gasteiger partial charge in [0.2, 0.25) is 0 Å². The first-order valence-corrected chi connectivity index (χ1v) is 7.90. The summed E-state index contributed by atoms with van der Waals surface area (Å²) in [5, 5.41) is 24.7. The molecule has 0 saturated heterocycles. The molecule has 0 aliphatic rings. The second kappa shape index (κ2) is 5.74. The molecule has 0 bridgehead atoms. The number of aromatic hydroxyl groups is 2. The van der Waals surface area contributed by atoms with Crippen LogP contribution < -0.4 is 0 Å². The molecule has 0 aliphatic heterocycles. The first kappa shape index (κ1) is 15.6. The number of nitrogens with zero attached hydrogens (tertiary/aromatic N) is 1. The lowest BCUT2D eigenvalue weighted by Gasteiger charge is -2.16. The summed E-state index contributed by atoms with van der Waals surface area (Å²) in [5.74, 6) is 0.645. The van der Waals surface area contributed by atoms with Crippen molar-refractivity contribution in [3.8, 4) is 11.5 Å². The number of hydrogen-bond donors (Lipinski definition) is 2. The van der Waals surface area contributed by atoms with Crippen molar-refractivity contribution >= 4 is 21.5 Å². The maximum atomic E-state index is 10.4. The van der Waals surface area contributed by atoms with Crippen molar-refractivity contribution in [3.05, 3.63) is 47.0 Å². The van der Waals surface area contributed by atoms with Crippen molar-refractivity contribution in [3.63, 3.8) is 0 Å². The Morgan fingerprint density at radius 2 is 1.65 bits per heavy atom. The van der Waals surface area contributed by atoms with Gasteiger partial charge in [0, 0.05) is 6.54 Å². The van der Waals surface area contributed by atoms with E-state index in [2.05, 4.69) is 25.1 Å². The third-order valence-corrected chi connectivity index (χ3v) is 4.58. The van der Waals surface area contributed by atoms with E-state index in [0.717, 1.165) is 45.8 Å². The average molecular weight is 309 g/mol. The summed E-state index contributed by atoms with van der Waals surface area (Å²) in [5.41, 5.74) is 2.90. The van der Waals surface area contributed by atoms with Gasteiger partial charge in [0.1, 0.15) is 11.5 Å². The average Bonchev–Trinajstić information content (AvgIpc) is 2.50. The molecule has 120 valence electrons. The normalized spacial score (nSPS) is 11.7. The standard InChI is InChI=1S/C20H23NO2/c1-12-9-17-14(10-18(12)22)5-6-16-15(7-8-21(3)4)11-19(23)13(2)20(16)17/h5-6,9-11,22-23H,7-8H2,1-4H3. The van der Waals surface area contributed by atoms with Crippen LogP contribution in [0.3, 0.4) is 0 Å². The van der Waals surface area contributed by atoms with Gasteiger partial charge in [0.15, 0.2) is 0 Å². The SMILES string of the molecule is Cc1cc2c(ccc3c(CCN(C)C)cc(O)c(C)c32)cc1O. The van der Waals surface area contributed by atoms with Crippen molar-refractivity contribution < 1.29 is 10.2 Å². The summed E-state index contributed by atoms with van der Waals surface area (Å²) < 4.78 is 0. The predicted molar refractivity (Wildman–Crippen MR) is 96.5 cm³/mol. The molecule has 3 aromatic rings. The van der Waals surface area contributed by atoms with E-state index in [1.54, 1.807) is 6.07 Å². The van der Waals surface area contributed by atoms with Gasteiger partial charge in [-0.25, -0.2) is 0 Å². The highest BCUT2D eigenvalue weighted by molar-refractivity contribution is 6.11. The Hall–Kier alpha value is -2.26. The number of phenols is 2. The van der Waals surface area contributed by atoms with E-state index in [-0.39, 0.29) is 0 Å². The van der Waals surface area contributed by atoms with E-state index < -0.39 is 0 Å². The molecule has 0 aromatic heterocycles. The van der Waals surface area contributed by atoms with Crippen LogP contribution in [0.4, 0.5) is 0 Å². The monoisotopic (exact) mass is 309 g/mol. The van der Waals surface area contributed by atoms with E-state index in [1.165, 1.54) is 5.39 Å². The fourth-order valence-corrected chi connectivity index (χ4v) is 3.17. The number of hydrogen-bond acceptors (Lipinski definition) is 3. The summed E-state index contributed by atoms with van der Waals surface area (Å²) in [6.07, 6.45) is 0.889. The number of likely N-dealkylation sites (N-methyl/N-ethyl adjacent to an activating group) is 1. The van der Waals surface area contributed by atoms with Crippen molar-refractivity contribution in [2.45, 2.75) is 20.3 Å². The second-order valence-electron chi connectivity index (χ2n) is 6.58. The van der Waals surface area contributed by atoms with Gasteiger partial charge in [0.25, 0.3) is 0 Å². The van der Waals surface area contributed by atoms with Crippen LogP contribution in [0.5, 0.6) is 11.5 Å². The molecule has 0 heterocycles. The highest BCUT2D eigenvalue weighted by atomic mass is 16.3. The number of rotatable bonds is 3. The Labute approximate surface area is 136 Å². The van der Waals surface area contributed by atoms with E-state index in [9.17, 15) is 10.2 Å². The molecule has 0 atom stereocenters. The first-order chi connectivity index (χ1) is 10.9. The summed E-state index contributed by atoms with van der Waals surface area (Å²) in [6, 6.07) is 9.85. The number of phenolic OH excluding ortho intramolecular Hbond substituents is 2. The summed E-state index contributed by atoms with van der Waals surface area (Å²) in [7, 11) is 4.11. The van der Waals surface area contributed by atoms with E-state index >= 15 is 0 Å². The molecule has 0 aliphatic carbocycles. The van der Waals surface area contributed by atoms with E-state index in [1.807, 2.05) is 32.0 Å². The smallest absolute Gasteiger partial charge is 0.119 e. The molecular formula is C20H23NO2. The van der Waals surface area contributed by atoms with Gasteiger partial charge < -0.3 is 15.1 Å². The van der Waals surface area contributed by atoms with Gasteiger partial charge in [-0.1, -0.05) is 12.1 Å². The zero-order valence-corrected chi connectivity index (χ0v) is 14.1. The summed E-state index contributed by atoms with van der Waals surface area (Å²) >= 11 is 0. The minimum Gasteiger partial charge on any atom is -0.508 e. The van der Waals surface area contributed by atoms with Crippen molar-refractivity contribution in [1.82, 2.24) is 4.90 Å². The Kier molecular flexibility index (Phi) is 3.90. The topological polar surface area (TPSA) is 43.7 Å². The van der Waals surface area contributed by atoms with Crippen molar-refractivity contribution in [2.75, 3.05) is 20.6 Å². The molecule has 0 amide bonds. The highest BCUT2D eigenvalue weighted by Gasteiger charge is 2.13. The third-order valence-electron chi connectivity index (χ3n) is 4.58. The maximum absolute atomic E-state index is 10.4. The van der Waals surface area contributed by atoms with Crippen LogP contribution in [0.15, 0.2) is 30.3 Å². The number of aryl methyl sites for hydroxylation is 2. The number of fused-ring (bicyclic) bond motifs is 3. The van der Waals surface area contributed by atoms with Gasteiger partial charge in [-0.05, 0) is 90.8 Å². The fourth-order valence-electron chi connectivity index (χ4n) is 3.17. The molecule has 3 rings (SSSR count). The second-order valence-corrected chi connectivity index (χ2v) is 6.58. The molecule has 23 heavy (non-hydrogen) atoms. The Bertz CT molecular complexity index is 897. The zero-order chi connectivity index (χ0) is 16.7. The molecule has 0 spiro atoms. The Morgan fingerprint density at radius 3 is 2.35 bits per heavy atom. The van der Waals surface area contributed by atoms with E-state index in [4.69, 9.17) is 0 Å². The quantitative estimate of drug-likeness (QED) is 0.715. The van der Waals surface area contributed by atoms with Crippen molar-refractivity contribution in [2.24, 2.45) is 0 Å². The zero-order valence-electron chi connectivity index (χ0n) is 14.1. The molecule has 3 nitrogen and oxygen atoms in total. The molecule has 2 N–H and O–H groups in total. The molecule has 3 heteroatoms. The van der Waals surface area contributed by atoms with Gasteiger partial charge >= 0.3 is 0 Å². The molecule has 0 unspecified atom stereocenters. The minimum absolute atomic E-state index is 0.308. The van der Waals surface area contributed by atoms with Gasteiger partial charge in [0.05, 0.1) is 0 Å². The summed E-state index contributed by atoms with van der Waals surface area (Å²) in [6.45, 7) is 4.79. The van der Waals surface area contributed by atoms with Crippen molar-refractivity contribution in [1.29, 1.82) is 0 Å². The summed E-state index contributed by atoms with van der Waals surface area (Å²) in [4.78, 5) is 2.14. The Morgan fingerprint density at radius 1 is 0.913 bits per heavy atom. The lowest BCUT2D eigenvalue weighted by Crippen LogP contribution is -2.15. The minimum atomic E-state index is 0.308.